The highest BCUT2D eigenvalue weighted by Gasteiger charge is 2.23. The van der Waals surface area contributed by atoms with E-state index < -0.39 is 0 Å². The van der Waals surface area contributed by atoms with Crippen LogP contribution in [0, 0.1) is 0 Å². The maximum atomic E-state index is 5.48. The predicted octanol–water partition coefficient (Wildman–Crippen LogP) is 2.11. The summed E-state index contributed by atoms with van der Waals surface area (Å²) in [5, 5.41) is 3.55. The Morgan fingerprint density at radius 2 is 1.75 bits per heavy atom. The third kappa shape index (κ3) is 6.35. The zero-order chi connectivity index (χ0) is 22.2. The summed E-state index contributed by atoms with van der Waals surface area (Å²) in [6, 6.07) is 8.05. The number of halogens is 1. The van der Waals surface area contributed by atoms with Gasteiger partial charge in [-0.25, -0.2) is 9.97 Å². The summed E-state index contributed by atoms with van der Waals surface area (Å²) in [7, 11) is 9.29. The number of hydrogen-bond acceptors (Lipinski definition) is 7. The first-order chi connectivity index (χ1) is 15.1. The van der Waals surface area contributed by atoms with E-state index >= 15 is 0 Å². The highest BCUT2D eigenvalue weighted by molar-refractivity contribution is 14.0. The lowest BCUT2D eigenvalue weighted by Crippen LogP contribution is -2.53. The Kier molecular flexibility index (Phi) is 10.2. The van der Waals surface area contributed by atoms with Crippen molar-refractivity contribution in [2.24, 2.45) is 4.99 Å². The Bertz CT molecular complexity index is 859. The van der Waals surface area contributed by atoms with Gasteiger partial charge in [-0.3, -0.25) is 4.99 Å². The van der Waals surface area contributed by atoms with E-state index in [1.165, 1.54) is 0 Å². The molecular formula is C22H34IN7O2. The number of likely N-dealkylation sites (N-methyl/N-ethyl adjacent to an activating group) is 1. The fourth-order valence-corrected chi connectivity index (χ4v) is 3.75. The van der Waals surface area contributed by atoms with E-state index in [1.54, 1.807) is 26.6 Å². The van der Waals surface area contributed by atoms with Crippen LogP contribution in [0.15, 0.2) is 41.7 Å². The van der Waals surface area contributed by atoms with Crippen LogP contribution >= 0.6 is 24.0 Å². The Hall–Kier alpha value is -2.34. The number of hydrogen-bond donors (Lipinski definition) is 1. The maximum Gasteiger partial charge on any atom is 0.225 e. The second kappa shape index (κ2) is 12.6. The minimum absolute atomic E-state index is 0. The average Bonchev–Trinajstić information content (AvgIpc) is 2.82. The van der Waals surface area contributed by atoms with Crippen LogP contribution < -0.4 is 19.7 Å². The second-order valence-corrected chi connectivity index (χ2v) is 7.54. The van der Waals surface area contributed by atoms with E-state index in [1.807, 2.05) is 25.2 Å². The number of anilines is 1. The molecule has 1 fully saturated rings. The monoisotopic (exact) mass is 555 g/mol. The Labute approximate surface area is 207 Å². The van der Waals surface area contributed by atoms with Crippen LogP contribution in [0.1, 0.15) is 11.6 Å². The minimum Gasteiger partial charge on any atom is -0.493 e. The zero-order valence-corrected chi connectivity index (χ0v) is 21.8. The van der Waals surface area contributed by atoms with Gasteiger partial charge in [0, 0.05) is 52.2 Å². The van der Waals surface area contributed by atoms with Crippen molar-refractivity contribution < 1.29 is 9.47 Å². The zero-order valence-electron chi connectivity index (χ0n) is 19.5. The number of guanidine groups is 1. The van der Waals surface area contributed by atoms with Gasteiger partial charge in [-0.2, -0.15) is 0 Å². The van der Waals surface area contributed by atoms with Gasteiger partial charge in [0.1, 0.15) is 0 Å². The van der Waals surface area contributed by atoms with Crippen LogP contribution in [-0.4, -0.2) is 93.8 Å². The van der Waals surface area contributed by atoms with Gasteiger partial charge in [-0.05, 0) is 37.9 Å². The van der Waals surface area contributed by atoms with Crippen LogP contribution in [0.2, 0.25) is 0 Å². The summed E-state index contributed by atoms with van der Waals surface area (Å²) in [6.07, 6.45) is 3.56. The lowest BCUT2D eigenvalue weighted by atomic mass is 10.1. The van der Waals surface area contributed by atoms with Crippen molar-refractivity contribution in [3.05, 3.63) is 42.2 Å². The normalized spacial score (nSPS) is 15.2. The van der Waals surface area contributed by atoms with Crippen LogP contribution in [0.4, 0.5) is 5.95 Å². The smallest absolute Gasteiger partial charge is 0.225 e. The molecule has 10 heteroatoms. The van der Waals surface area contributed by atoms with Crippen molar-refractivity contribution >= 4 is 35.9 Å². The third-order valence-electron chi connectivity index (χ3n) is 5.50. The molecule has 0 radical (unpaired) electrons. The number of nitrogens with zero attached hydrogens (tertiary/aromatic N) is 6. The first-order valence-electron chi connectivity index (χ1n) is 10.4. The fourth-order valence-electron chi connectivity index (χ4n) is 3.75. The summed E-state index contributed by atoms with van der Waals surface area (Å²) < 4.78 is 10.9. The molecule has 0 bridgehead atoms. The van der Waals surface area contributed by atoms with Gasteiger partial charge in [0.2, 0.25) is 5.95 Å². The SMILES string of the molecule is CN=C(NCC(c1ccc(OC)c(OC)c1)N(C)C)N1CCN(c2ncccn2)CC1.I. The van der Waals surface area contributed by atoms with Gasteiger partial charge in [0.15, 0.2) is 17.5 Å². The van der Waals surface area contributed by atoms with E-state index in [0.717, 1.165) is 61.7 Å². The summed E-state index contributed by atoms with van der Waals surface area (Å²) in [5.74, 6) is 3.15. The summed E-state index contributed by atoms with van der Waals surface area (Å²) >= 11 is 0. The van der Waals surface area contributed by atoms with Crippen molar-refractivity contribution in [1.82, 2.24) is 25.1 Å². The van der Waals surface area contributed by atoms with E-state index in [4.69, 9.17) is 9.47 Å². The van der Waals surface area contributed by atoms with Gasteiger partial charge >= 0.3 is 0 Å². The molecular weight excluding hydrogens is 521 g/mol. The minimum atomic E-state index is 0. The number of methoxy groups -OCH3 is 2. The largest absolute Gasteiger partial charge is 0.493 e. The molecule has 32 heavy (non-hydrogen) atoms. The summed E-state index contributed by atoms with van der Waals surface area (Å²) in [4.78, 5) is 19.9. The molecule has 0 aliphatic carbocycles. The molecule has 176 valence electrons. The van der Waals surface area contributed by atoms with Gasteiger partial charge in [-0.1, -0.05) is 6.07 Å². The second-order valence-electron chi connectivity index (χ2n) is 7.54. The number of aromatic nitrogens is 2. The number of nitrogens with one attached hydrogen (secondary N) is 1. The van der Waals surface area contributed by atoms with Gasteiger partial charge < -0.3 is 29.5 Å². The van der Waals surface area contributed by atoms with Gasteiger partial charge in [0.25, 0.3) is 0 Å². The van der Waals surface area contributed by atoms with Crippen molar-refractivity contribution in [2.75, 3.05) is 73.0 Å². The van der Waals surface area contributed by atoms with E-state index in [-0.39, 0.29) is 30.0 Å². The van der Waals surface area contributed by atoms with Crippen LogP contribution in [0.5, 0.6) is 11.5 Å². The van der Waals surface area contributed by atoms with Crippen molar-refractivity contribution in [1.29, 1.82) is 0 Å². The fraction of sp³-hybridized carbons (Fsp3) is 0.500. The molecule has 1 unspecified atom stereocenters. The number of benzene rings is 1. The van der Waals surface area contributed by atoms with Crippen LogP contribution in [0.25, 0.3) is 0 Å². The van der Waals surface area contributed by atoms with Gasteiger partial charge in [-0.15, -0.1) is 24.0 Å². The van der Waals surface area contributed by atoms with E-state index in [9.17, 15) is 0 Å². The average molecular weight is 555 g/mol. The molecule has 1 N–H and O–H groups in total. The Morgan fingerprint density at radius 1 is 1.09 bits per heavy atom. The molecule has 1 saturated heterocycles. The lowest BCUT2D eigenvalue weighted by Gasteiger charge is -2.37. The number of rotatable bonds is 7. The molecule has 1 aliphatic rings. The quantitative estimate of drug-likeness (QED) is 0.317. The van der Waals surface area contributed by atoms with Crippen molar-refractivity contribution in [3.63, 3.8) is 0 Å². The molecule has 1 atom stereocenters. The first-order valence-corrected chi connectivity index (χ1v) is 10.4. The lowest BCUT2D eigenvalue weighted by molar-refractivity contribution is 0.290. The highest BCUT2D eigenvalue weighted by atomic mass is 127. The van der Waals surface area contributed by atoms with E-state index in [2.05, 4.69) is 55.1 Å². The molecule has 2 heterocycles. The van der Waals surface area contributed by atoms with E-state index in [0.29, 0.717) is 0 Å². The van der Waals surface area contributed by atoms with Crippen LogP contribution in [0.3, 0.4) is 0 Å². The summed E-state index contributed by atoms with van der Waals surface area (Å²) in [5.41, 5.74) is 1.15. The maximum absolute atomic E-state index is 5.48. The number of aliphatic imine (C=N–C) groups is 1. The molecule has 1 aromatic carbocycles. The predicted molar refractivity (Wildman–Crippen MR) is 139 cm³/mol. The van der Waals surface area contributed by atoms with Crippen molar-refractivity contribution in [2.45, 2.75) is 6.04 Å². The topological polar surface area (TPSA) is 78.4 Å². The molecule has 0 spiro atoms. The number of piperazine rings is 1. The first kappa shape index (κ1) is 25.9. The highest BCUT2D eigenvalue weighted by Crippen LogP contribution is 2.31. The Balaban J connectivity index is 0.00000363. The standard InChI is InChI=1S/C22H33N7O2.HI/c1-23-21(28-11-13-29(14-12-28)22-24-9-6-10-25-22)26-16-18(27(2)3)17-7-8-19(30-4)20(15-17)31-5;/h6-10,15,18H,11-14,16H2,1-5H3,(H,23,26);1H. The van der Waals surface area contributed by atoms with Gasteiger partial charge in [0.05, 0.1) is 20.3 Å². The summed E-state index contributed by atoms with van der Waals surface area (Å²) in [6.45, 7) is 4.16. The molecule has 1 aromatic heterocycles. The molecule has 2 aromatic rings. The molecule has 0 saturated carbocycles. The third-order valence-corrected chi connectivity index (χ3v) is 5.50. The molecule has 9 nitrogen and oxygen atoms in total. The van der Waals surface area contributed by atoms with Crippen LogP contribution in [-0.2, 0) is 0 Å². The van der Waals surface area contributed by atoms with Crippen molar-refractivity contribution in [3.8, 4) is 11.5 Å². The molecule has 1 aliphatic heterocycles. The number of ether oxygens (including phenoxy) is 2. The molecule has 0 amide bonds. The molecule has 3 rings (SSSR count). The Morgan fingerprint density at radius 3 is 2.31 bits per heavy atom.